The monoisotopic (exact) mass is 378 g/mol. The highest BCUT2D eigenvalue weighted by molar-refractivity contribution is 5.91. The van der Waals surface area contributed by atoms with Crippen LogP contribution in [0.2, 0.25) is 0 Å². The van der Waals surface area contributed by atoms with Crippen LogP contribution >= 0.6 is 0 Å². The third-order valence-corrected chi connectivity index (χ3v) is 4.95. The molecule has 7 nitrogen and oxygen atoms in total. The Morgan fingerprint density at radius 2 is 2.11 bits per heavy atom. The number of nitrogens with zero attached hydrogens (tertiary/aromatic N) is 2. The van der Waals surface area contributed by atoms with Crippen molar-refractivity contribution >= 4 is 11.7 Å². The summed E-state index contributed by atoms with van der Waals surface area (Å²) in [6, 6.07) is 9.09. The van der Waals surface area contributed by atoms with Crippen LogP contribution in [-0.4, -0.2) is 23.1 Å². The normalized spacial score (nSPS) is 14.4. The van der Waals surface area contributed by atoms with E-state index >= 15 is 0 Å². The quantitative estimate of drug-likeness (QED) is 0.666. The lowest BCUT2D eigenvalue weighted by molar-refractivity contribution is 0.247. The minimum absolute atomic E-state index is 0.0753. The number of methoxy groups -OCH3 is 1. The van der Waals surface area contributed by atoms with Gasteiger partial charge in [0, 0.05) is 23.5 Å². The van der Waals surface area contributed by atoms with Gasteiger partial charge in [-0.25, -0.2) is 14.8 Å². The molecule has 2 amide bonds. The molecule has 1 saturated carbocycles. The number of oxazole rings is 1. The van der Waals surface area contributed by atoms with Crippen LogP contribution in [0.5, 0.6) is 5.88 Å². The number of pyridine rings is 1. The number of hydrogen-bond acceptors (Lipinski definition) is 5. The number of urea groups is 1. The molecule has 1 unspecified atom stereocenters. The van der Waals surface area contributed by atoms with Gasteiger partial charge in [0.1, 0.15) is 6.26 Å². The Morgan fingerprint density at radius 3 is 2.75 bits per heavy atom. The zero-order valence-electron chi connectivity index (χ0n) is 15.8. The lowest BCUT2D eigenvalue weighted by Crippen LogP contribution is -2.34. The molecule has 144 valence electrons. The molecule has 0 bridgehead atoms. The van der Waals surface area contributed by atoms with Gasteiger partial charge in [-0.3, -0.25) is 0 Å². The summed E-state index contributed by atoms with van der Waals surface area (Å²) in [7, 11) is 1.58. The van der Waals surface area contributed by atoms with E-state index in [0.29, 0.717) is 17.7 Å². The third kappa shape index (κ3) is 3.83. The van der Waals surface area contributed by atoms with E-state index in [9.17, 15) is 4.79 Å². The Hall–Kier alpha value is -3.35. The molecule has 2 aromatic heterocycles. The average Bonchev–Trinajstić information content (AvgIpc) is 3.41. The lowest BCUT2D eigenvalue weighted by atomic mass is 10.0. The Bertz CT molecular complexity index is 950. The van der Waals surface area contributed by atoms with E-state index in [4.69, 9.17) is 9.15 Å². The molecular weight excluding hydrogens is 356 g/mol. The van der Waals surface area contributed by atoms with E-state index in [1.54, 1.807) is 19.5 Å². The maximum absolute atomic E-state index is 12.7. The van der Waals surface area contributed by atoms with Crippen LogP contribution < -0.4 is 15.4 Å². The van der Waals surface area contributed by atoms with Crippen LogP contribution in [-0.2, 0) is 0 Å². The predicted octanol–water partition coefficient (Wildman–Crippen LogP) is 4.33. The first kappa shape index (κ1) is 18.0. The summed E-state index contributed by atoms with van der Waals surface area (Å²) in [5, 5.41) is 6.05. The predicted molar refractivity (Wildman–Crippen MR) is 105 cm³/mol. The molecule has 0 spiro atoms. The molecular formula is C21H22N4O3. The van der Waals surface area contributed by atoms with Crippen molar-refractivity contribution in [2.75, 3.05) is 12.4 Å². The van der Waals surface area contributed by atoms with Crippen molar-refractivity contribution in [2.45, 2.75) is 25.8 Å². The topological polar surface area (TPSA) is 89.3 Å². The van der Waals surface area contributed by atoms with Crippen LogP contribution in [0.15, 0.2) is 53.4 Å². The van der Waals surface area contributed by atoms with Crippen LogP contribution in [0.25, 0.3) is 11.5 Å². The summed E-state index contributed by atoms with van der Waals surface area (Å²) in [6.07, 6.45) is 7.08. The van der Waals surface area contributed by atoms with E-state index in [1.807, 2.05) is 37.3 Å². The molecule has 4 rings (SSSR count). The first-order chi connectivity index (χ1) is 13.7. The Labute approximate surface area is 163 Å². The second kappa shape index (κ2) is 7.72. The van der Waals surface area contributed by atoms with Crippen LogP contribution in [0, 0.1) is 12.8 Å². The van der Waals surface area contributed by atoms with Crippen molar-refractivity contribution in [3.63, 3.8) is 0 Å². The molecule has 0 radical (unpaired) electrons. The van der Waals surface area contributed by atoms with Gasteiger partial charge in [-0.15, -0.1) is 0 Å². The number of hydrogen-bond donors (Lipinski definition) is 2. The molecule has 2 N–H and O–H groups in total. The van der Waals surface area contributed by atoms with E-state index < -0.39 is 0 Å². The van der Waals surface area contributed by atoms with E-state index in [2.05, 4.69) is 20.6 Å². The number of benzene rings is 1. The Balaban J connectivity index is 1.49. The highest BCUT2D eigenvalue weighted by Crippen LogP contribution is 2.41. The smallest absolute Gasteiger partial charge is 0.319 e. The molecule has 2 heterocycles. The summed E-state index contributed by atoms with van der Waals surface area (Å²) < 4.78 is 10.5. The van der Waals surface area contributed by atoms with Crippen molar-refractivity contribution in [1.29, 1.82) is 0 Å². The van der Waals surface area contributed by atoms with Crippen molar-refractivity contribution in [3.8, 4) is 17.3 Å². The van der Waals surface area contributed by atoms with Gasteiger partial charge in [-0.2, -0.15) is 0 Å². The van der Waals surface area contributed by atoms with Crippen molar-refractivity contribution in [2.24, 2.45) is 5.92 Å². The first-order valence-electron chi connectivity index (χ1n) is 9.22. The van der Waals surface area contributed by atoms with Gasteiger partial charge in [-0.05, 0) is 48.9 Å². The molecule has 0 saturated heterocycles. The van der Waals surface area contributed by atoms with Crippen molar-refractivity contribution in [3.05, 3.63) is 60.1 Å². The number of aromatic nitrogens is 2. The number of nitrogens with one attached hydrogen (secondary N) is 2. The highest BCUT2D eigenvalue weighted by Gasteiger charge is 2.33. The highest BCUT2D eigenvalue weighted by atomic mass is 16.5. The number of amides is 2. The Kier molecular flexibility index (Phi) is 4.97. The second-order valence-electron chi connectivity index (χ2n) is 6.86. The average molecular weight is 378 g/mol. The summed E-state index contributed by atoms with van der Waals surface area (Å²) in [5.74, 6) is 1.52. The molecule has 7 heteroatoms. The van der Waals surface area contributed by atoms with Crippen molar-refractivity contribution < 1.29 is 13.9 Å². The molecule has 3 aromatic rings. The molecule has 1 aromatic carbocycles. The molecule has 28 heavy (non-hydrogen) atoms. The standard InChI is InChI=1S/C21H22N4O3/c1-13-16(20-22-10-11-28-20)4-3-5-17(13)24-21(26)25-19(14-6-7-14)15-8-9-18(27-2)23-12-15/h3-5,8-12,14,19H,6-7H2,1-2H3,(H2,24,25,26). The van der Waals surface area contributed by atoms with Crippen LogP contribution in [0.3, 0.4) is 0 Å². The summed E-state index contributed by atoms with van der Waals surface area (Å²) in [6.45, 7) is 1.93. The van der Waals surface area contributed by atoms with Gasteiger partial charge < -0.3 is 19.8 Å². The Morgan fingerprint density at radius 1 is 1.25 bits per heavy atom. The van der Waals surface area contributed by atoms with Crippen LogP contribution in [0.4, 0.5) is 10.5 Å². The fourth-order valence-corrected chi connectivity index (χ4v) is 3.26. The first-order valence-corrected chi connectivity index (χ1v) is 9.22. The molecule has 0 aliphatic heterocycles. The fraction of sp³-hybridized carbons (Fsp3) is 0.286. The minimum Gasteiger partial charge on any atom is -0.481 e. The van der Waals surface area contributed by atoms with Gasteiger partial charge in [0.15, 0.2) is 0 Å². The van der Waals surface area contributed by atoms with Gasteiger partial charge in [-0.1, -0.05) is 12.1 Å². The van der Waals surface area contributed by atoms with Gasteiger partial charge in [0.05, 0.1) is 19.3 Å². The number of carbonyl (C=O) groups is 1. The summed E-state index contributed by atoms with van der Waals surface area (Å²) in [5.41, 5.74) is 3.44. The number of anilines is 1. The minimum atomic E-state index is -0.250. The number of carbonyl (C=O) groups excluding carboxylic acids is 1. The zero-order chi connectivity index (χ0) is 19.5. The lowest BCUT2D eigenvalue weighted by Gasteiger charge is -2.20. The van der Waals surface area contributed by atoms with E-state index in [1.165, 1.54) is 6.26 Å². The van der Waals surface area contributed by atoms with E-state index in [-0.39, 0.29) is 12.1 Å². The fourth-order valence-electron chi connectivity index (χ4n) is 3.26. The molecule has 1 atom stereocenters. The molecule has 1 fully saturated rings. The third-order valence-electron chi connectivity index (χ3n) is 4.95. The van der Waals surface area contributed by atoms with Crippen LogP contribution in [0.1, 0.15) is 30.0 Å². The maximum atomic E-state index is 12.7. The van der Waals surface area contributed by atoms with Gasteiger partial charge in [0.2, 0.25) is 11.8 Å². The van der Waals surface area contributed by atoms with E-state index in [0.717, 1.165) is 35.2 Å². The summed E-state index contributed by atoms with van der Waals surface area (Å²) in [4.78, 5) is 21.1. The SMILES string of the molecule is COc1ccc(C(NC(=O)Nc2cccc(-c3ncco3)c2C)C2CC2)cn1. The van der Waals surface area contributed by atoms with Gasteiger partial charge >= 0.3 is 6.03 Å². The second-order valence-corrected chi connectivity index (χ2v) is 6.86. The molecule has 1 aliphatic carbocycles. The zero-order valence-corrected chi connectivity index (χ0v) is 15.8. The number of ether oxygens (including phenoxy) is 1. The summed E-state index contributed by atoms with van der Waals surface area (Å²) >= 11 is 0. The van der Waals surface area contributed by atoms with Gasteiger partial charge in [0.25, 0.3) is 0 Å². The largest absolute Gasteiger partial charge is 0.481 e. The maximum Gasteiger partial charge on any atom is 0.319 e. The van der Waals surface area contributed by atoms with Crippen molar-refractivity contribution in [1.82, 2.24) is 15.3 Å². The molecule has 1 aliphatic rings. The number of rotatable bonds is 6.